The van der Waals surface area contributed by atoms with Gasteiger partial charge < -0.3 is 25.2 Å². The van der Waals surface area contributed by atoms with E-state index >= 15 is 0 Å². The Morgan fingerprint density at radius 3 is 2.47 bits per heavy atom. The summed E-state index contributed by atoms with van der Waals surface area (Å²) in [5.41, 5.74) is 10.8. The molecular formula is C20H26N8OS. The Labute approximate surface area is 181 Å². The molecule has 2 aliphatic rings. The van der Waals surface area contributed by atoms with E-state index < -0.39 is 0 Å². The molecule has 0 spiro atoms. The Morgan fingerprint density at radius 2 is 1.73 bits per heavy atom. The lowest BCUT2D eigenvalue weighted by atomic mass is 10.2. The Balaban J connectivity index is 1.32. The van der Waals surface area contributed by atoms with Crippen LogP contribution in [0.4, 0.5) is 11.5 Å². The van der Waals surface area contributed by atoms with Crippen molar-refractivity contribution in [1.29, 1.82) is 0 Å². The van der Waals surface area contributed by atoms with E-state index in [1.807, 2.05) is 6.07 Å². The average Bonchev–Trinajstić information content (AvgIpc) is 2.83. The summed E-state index contributed by atoms with van der Waals surface area (Å²) < 4.78 is 5.38. The Hall–Kier alpha value is -2.98. The molecule has 1 aromatic carbocycles. The third-order valence-corrected chi connectivity index (χ3v) is 5.53. The average molecular weight is 427 g/mol. The summed E-state index contributed by atoms with van der Waals surface area (Å²) >= 11 is 5.50. The fraction of sp³-hybridized carbons (Fsp3) is 0.400. The van der Waals surface area contributed by atoms with Crippen LogP contribution in [0.25, 0.3) is 0 Å². The molecule has 158 valence electrons. The molecule has 3 N–H and O–H groups in total. The predicted molar refractivity (Wildman–Crippen MR) is 122 cm³/mol. The number of hydrazone groups is 1. The van der Waals surface area contributed by atoms with Gasteiger partial charge in [-0.15, -0.1) is 0 Å². The lowest BCUT2D eigenvalue weighted by Crippen LogP contribution is -2.51. The number of anilines is 2. The highest BCUT2D eigenvalue weighted by Gasteiger charge is 2.19. The van der Waals surface area contributed by atoms with Crippen LogP contribution in [-0.4, -0.2) is 78.3 Å². The molecular weight excluding hydrogens is 400 g/mol. The number of nitrogens with two attached hydrogens (primary N) is 1. The molecule has 1 aromatic heterocycles. The van der Waals surface area contributed by atoms with Gasteiger partial charge in [0.05, 0.1) is 25.6 Å². The highest BCUT2D eigenvalue weighted by molar-refractivity contribution is 7.80. The maximum atomic E-state index is 6.12. The number of thiocarbonyl (C=S) groups is 1. The molecule has 0 amide bonds. The number of hydrogen-bond acceptors (Lipinski definition) is 7. The van der Waals surface area contributed by atoms with Crippen LogP contribution in [0.5, 0.6) is 0 Å². The molecule has 0 radical (unpaired) electrons. The fourth-order valence-corrected chi connectivity index (χ4v) is 3.69. The number of nitrogens with zero attached hydrogens (tertiary/aromatic N) is 6. The first kappa shape index (κ1) is 20.3. The number of hydrogen-bond donors (Lipinski definition) is 2. The Bertz CT molecular complexity index is 879. The maximum Gasteiger partial charge on any atom is 0.189 e. The van der Waals surface area contributed by atoms with Crippen LogP contribution in [0.1, 0.15) is 5.69 Å². The van der Waals surface area contributed by atoms with E-state index in [1.165, 1.54) is 5.69 Å². The number of nitrogens with one attached hydrogen (secondary N) is 1. The first-order valence-corrected chi connectivity index (χ1v) is 10.4. The summed E-state index contributed by atoms with van der Waals surface area (Å²) in [6, 6.07) is 10.4. The number of para-hydroxylation sites is 1. The van der Waals surface area contributed by atoms with E-state index in [0.717, 1.165) is 45.1 Å². The molecule has 3 heterocycles. The minimum absolute atomic E-state index is 0.253. The van der Waals surface area contributed by atoms with Gasteiger partial charge in [-0.2, -0.15) is 5.10 Å². The van der Waals surface area contributed by atoms with Crippen LogP contribution in [0.2, 0.25) is 0 Å². The van der Waals surface area contributed by atoms with Gasteiger partial charge >= 0.3 is 0 Å². The van der Waals surface area contributed by atoms with Crippen LogP contribution in [0, 0.1) is 0 Å². The van der Waals surface area contributed by atoms with E-state index in [-0.39, 0.29) is 5.84 Å². The third kappa shape index (κ3) is 4.95. The molecule has 0 unspecified atom stereocenters. The summed E-state index contributed by atoms with van der Waals surface area (Å²) in [5.74, 6) is 1.02. The van der Waals surface area contributed by atoms with Crippen LogP contribution in [0.3, 0.4) is 0 Å². The SMILES string of the molecule is NC(=NNC(=S)N1CCN(c2ccccc2)CC1)c1cncc(N2CCOCC2)n1. The molecule has 30 heavy (non-hydrogen) atoms. The number of piperazine rings is 1. The number of ether oxygens (including phenoxy) is 1. The number of aromatic nitrogens is 2. The van der Waals surface area contributed by atoms with Gasteiger partial charge in [-0.1, -0.05) is 18.2 Å². The lowest BCUT2D eigenvalue weighted by Gasteiger charge is -2.36. The van der Waals surface area contributed by atoms with Crippen LogP contribution >= 0.6 is 12.2 Å². The van der Waals surface area contributed by atoms with Crippen molar-refractivity contribution in [2.24, 2.45) is 10.8 Å². The zero-order valence-corrected chi connectivity index (χ0v) is 17.6. The van der Waals surface area contributed by atoms with Crippen molar-refractivity contribution in [2.75, 3.05) is 62.3 Å². The van der Waals surface area contributed by atoms with Crippen molar-refractivity contribution >= 4 is 34.7 Å². The van der Waals surface area contributed by atoms with E-state index in [2.05, 4.69) is 59.5 Å². The van der Waals surface area contributed by atoms with Crippen LogP contribution in [0.15, 0.2) is 47.8 Å². The van der Waals surface area contributed by atoms with Gasteiger partial charge in [0.1, 0.15) is 11.5 Å². The first-order valence-electron chi connectivity index (χ1n) is 10.0. The fourth-order valence-electron chi connectivity index (χ4n) is 3.47. The minimum atomic E-state index is 0.253. The number of morpholine rings is 1. The molecule has 2 fully saturated rings. The van der Waals surface area contributed by atoms with Gasteiger partial charge in [0, 0.05) is 45.0 Å². The van der Waals surface area contributed by atoms with Gasteiger partial charge in [-0.25, -0.2) is 4.98 Å². The topological polar surface area (TPSA) is 95.1 Å². The molecule has 0 bridgehead atoms. The van der Waals surface area contributed by atoms with Crippen molar-refractivity contribution in [3.8, 4) is 0 Å². The second kappa shape index (κ2) is 9.68. The molecule has 2 aromatic rings. The zero-order chi connectivity index (χ0) is 20.8. The quantitative estimate of drug-likeness (QED) is 0.316. The van der Waals surface area contributed by atoms with Crippen molar-refractivity contribution in [3.05, 3.63) is 48.4 Å². The molecule has 0 atom stereocenters. The summed E-state index contributed by atoms with van der Waals surface area (Å²) in [7, 11) is 0. The highest BCUT2D eigenvalue weighted by Crippen LogP contribution is 2.15. The largest absolute Gasteiger partial charge is 0.380 e. The second-order valence-corrected chi connectivity index (χ2v) is 7.47. The normalized spacial score (nSPS) is 17.7. The van der Waals surface area contributed by atoms with Gasteiger partial charge in [0.2, 0.25) is 0 Å². The maximum absolute atomic E-state index is 6.12. The van der Waals surface area contributed by atoms with Crippen molar-refractivity contribution in [3.63, 3.8) is 0 Å². The molecule has 9 nitrogen and oxygen atoms in total. The Morgan fingerprint density at radius 1 is 1.00 bits per heavy atom. The van der Waals surface area contributed by atoms with E-state index in [9.17, 15) is 0 Å². The molecule has 2 aliphatic heterocycles. The van der Waals surface area contributed by atoms with E-state index in [1.54, 1.807) is 12.4 Å². The molecule has 10 heteroatoms. The van der Waals surface area contributed by atoms with Crippen molar-refractivity contribution in [1.82, 2.24) is 20.3 Å². The zero-order valence-electron chi connectivity index (χ0n) is 16.8. The standard InChI is InChI=1S/C20H26N8OS/c21-19(17-14-22-15-18(23-17)27-10-12-29-13-11-27)24-25-20(30)28-8-6-26(7-9-28)16-4-2-1-3-5-16/h1-5,14-15H,6-13H2,(H2,21,24)(H,25,30). The number of benzene rings is 1. The van der Waals surface area contributed by atoms with Crippen molar-refractivity contribution < 1.29 is 4.74 Å². The molecule has 0 aliphatic carbocycles. The summed E-state index contributed by atoms with van der Waals surface area (Å²) in [6.07, 6.45) is 3.33. The molecule has 2 saturated heterocycles. The number of amidine groups is 1. The lowest BCUT2D eigenvalue weighted by molar-refractivity contribution is 0.122. The Kier molecular flexibility index (Phi) is 6.55. The van der Waals surface area contributed by atoms with Gasteiger partial charge in [0.25, 0.3) is 0 Å². The van der Waals surface area contributed by atoms with E-state index in [4.69, 9.17) is 22.7 Å². The molecule has 0 saturated carbocycles. The van der Waals surface area contributed by atoms with Crippen LogP contribution < -0.4 is 21.0 Å². The summed E-state index contributed by atoms with van der Waals surface area (Å²) in [4.78, 5) is 15.4. The third-order valence-electron chi connectivity index (χ3n) is 5.18. The summed E-state index contributed by atoms with van der Waals surface area (Å²) in [6.45, 7) is 6.38. The summed E-state index contributed by atoms with van der Waals surface area (Å²) in [5, 5.41) is 4.79. The predicted octanol–water partition coefficient (Wildman–Crippen LogP) is 0.630. The van der Waals surface area contributed by atoms with Gasteiger partial charge in [0.15, 0.2) is 10.9 Å². The van der Waals surface area contributed by atoms with E-state index in [0.29, 0.717) is 24.0 Å². The monoisotopic (exact) mass is 426 g/mol. The second-order valence-electron chi connectivity index (χ2n) is 7.09. The minimum Gasteiger partial charge on any atom is -0.380 e. The van der Waals surface area contributed by atoms with Gasteiger partial charge in [-0.3, -0.25) is 10.4 Å². The van der Waals surface area contributed by atoms with Crippen LogP contribution in [-0.2, 0) is 4.74 Å². The van der Waals surface area contributed by atoms with Gasteiger partial charge in [-0.05, 0) is 24.4 Å². The molecule has 4 rings (SSSR count). The highest BCUT2D eigenvalue weighted by atomic mass is 32.1. The smallest absolute Gasteiger partial charge is 0.189 e. The number of rotatable bonds is 4. The first-order chi connectivity index (χ1) is 14.7. The van der Waals surface area contributed by atoms with Crippen molar-refractivity contribution in [2.45, 2.75) is 0 Å².